The van der Waals surface area contributed by atoms with E-state index in [2.05, 4.69) is 10.4 Å². The topological polar surface area (TPSA) is 34.0 Å². The van der Waals surface area contributed by atoms with Crippen LogP contribution in [0.4, 0.5) is 0 Å². The molecule has 1 aromatic carbocycles. The van der Waals surface area contributed by atoms with Crippen LogP contribution in [-0.2, 0) is 3.17 Å². The van der Waals surface area contributed by atoms with Gasteiger partial charge >= 0.3 is 0 Å². The minimum Gasteiger partial charge on any atom is -0.315 e. The van der Waals surface area contributed by atoms with Gasteiger partial charge < -0.3 is 3.17 Å². The van der Waals surface area contributed by atoms with Crippen molar-refractivity contribution in [3.05, 3.63) is 35.9 Å². The van der Waals surface area contributed by atoms with Gasteiger partial charge in [0, 0.05) is 10.8 Å². The van der Waals surface area contributed by atoms with Crippen molar-refractivity contribution >= 4 is 24.8 Å². The normalized spacial score (nSPS) is 15.1. The van der Waals surface area contributed by atoms with Crippen molar-refractivity contribution in [3.8, 4) is 0 Å². The van der Waals surface area contributed by atoms with Crippen LogP contribution in [0.15, 0.2) is 40.7 Å². The van der Waals surface area contributed by atoms with E-state index >= 15 is 0 Å². The van der Waals surface area contributed by atoms with E-state index in [4.69, 9.17) is 3.17 Å². The average Bonchev–Trinajstić information content (AvgIpc) is 2.58. The third-order valence-corrected chi connectivity index (χ3v) is 2.91. The van der Waals surface area contributed by atoms with Gasteiger partial charge in [0.1, 0.15) is 0 Å². The van der Waals surface area contributed by atoms with Crippen molar-refractivity contribution in [2.24, 2.45) is 10.4 Å². The minimum atomic E-state index is -0.419. The minimum absolute atomic E-state index is 0.419. The molecule has 1 heterocycles. The van der Waals surface area contributed by atoms with E-state index in [9.17, 15) is 0 Å². The van der Waals surface area contributed by atoms with E-state index in [0.717, 1.165) is 9.20 Å². The van der Waals surface area contributed by atoms with Gasteiger partial charge in [-0.2, -0.15) is 0 Å². The molecule has 0 saturated carbocycles. The maximum absolute atomic E-state index is 4.84. The Balaban J connectivity index is 2.37. The molecule has 0 spiro atoms. The number of rotatable bonds is 1. The molecule has 0 bridgehead atoms. The van der Waals surface area contributed by atoms with Gasteiger partial charge in [0.05, 0.1) is 0 Å². The van der Waals surface area contributed by atoms with Crippen LogP contribution in [0.3, 0.4) is 0 Å². The maximum Gasteiger partial charge on any atom is 0.183 e. The molecule has 0 fully saturated rings. The van der Waals surface area contributed by atoms with Crippen molar-refractivity contribution in [2.75, 3.05) is 0 Å². The van der Waals surface area contributed by atoms with E-state index in [0.29, 0.717) is 0 Å². The summed E-state index contributed by atoms with van der Waals surface area (Å²) in [6.07, 6.45) is 0. The van der Waals surface area contributed by atoms with Crippen LogP contribution in [-0.4, -0.2) is 3.63 Å². The van der Waals surface area contributed by atoms with Gasteiger partial charge in [-0.05, 0) is 0 Å². The second-order valence-electron chi connectivity index (χ2n) is 1.98. The molecule has 0 radical (unpaired) electrons. The Bertz CT molecular complexity index is 307. The van der Waals surface area contributed by atoms with E-state index in [1.807, 2.05) is 30.3 Å². The smallest absolute Gasteiger partial charge is 0.183 e. The lowest BCUT2D eigenvalue weighted by Crippen LogP contribution is -1.88. The zero-order chi connectivity index (χ0) is 7.52. The predicted octanol–water partition coefficient (Wildman–Crippen LogP) is 2.45. The molecule has 0 saturated heterocycles. The van der Waals surface area contributed by atoms with Crippen LogP contribution < -0.4 is 0 Å². The molecule has 11 heavy (non-hydrogen) atoms. The van der Waals surface area contributed by atoms with E-state index in [-0.39, 0.29) is 0 Å². The molecule has 2 rings (SSSR count). The highest BCUT2D eigenvalue weighted by Crippen LogP contribution is 2.18. The summed E-state index contributed by atoms with van der Waals surface area (Å²) in [7, 11) is 0. The summed E-state index contributed by atoms with van der Waals surface area (Å²) in [4.78, 5) is 0. The Morgan fingerprint density at radius 1 is 1.18 bits per heavy atom. The van der Waals surface area contributed by atoms with Crippen molar-refractivity contribution in [2.45, 2.75) is 0 Å². The zero-order valence-corrected chi connectivity index (χ0v) is 7.72. The fraction of sp³-hybridized carbons (Fsp3) is 0. The quantitative estimate of drug-likeness (QED) is 0.714. The Hall–Kier alpha value is -0.780. The predicted molar refractivity (Wildman–Crippen MR) is 50.5 cm³/mol. The Labute approximate surface area is 74.4 Å². The van der Waals surface area contributed by atoms with Gasteiger partial charge in [0.2, 0.25) is 0 Å². The molecule has 4 heteroatoms. The summed E-state index contributed by atoms with van der Waals surface area (Å²) in [5, 5.41) is 7.35. The first-order chi connectivity index (χ1) is 5.47. The molecule has 0 atom stereocenters. The maximum atomic E-state index is 4.84. The fourth-order valence-corrected chi connectivity index (χ4v) is 1.95. The van der Waals surface area contributed by atoms with Crippen LogP contribution in [0.5, 0.6) is 0 Å². The van der Waals surface area contributed by atoms with Crippen LogP contribution in [0.25, 0.3) is 0 Å². The van der Waals surface area contributed by atoms with Gasteiger partial charge in [0.25, 0.3) is 0 Å². The molecule has 0 aliphatic carbocycles. The van der Waals surface area contributed by atoms with Crippen LogP contribution >= 0.6 is 21.1 Å². The number of benzene rings is 1. The molecule has 0 aromatic heterocycles. The molecule has 1 aliphatic rings. The third kappa shape index (κ3) is 1.45. The SMILES string of the molecule is c1ccc(C2=ION=N2)cc1. The summed E-state index contributed by atoms with van der Waals surface area (Å²) in [5.41, 5.74) is 1.13. The summed E-state index contributed by atoms with van der Waals surface area (Å²) in [6, 6.07) is 9.99. The molecule has 1 aliphatic heterocycles. The molecule has 0 N–H and O–H groups in total. The lowest BCUT2D eigenvalue weighted by molar-refractivity contribution is 0.432. The van der Waals surface area contributed by atoms with Gasteiger partial charge in [-0.1, -0.05) is 30.3 Å². The summed E-state index contributed by atoms with van der Waals surface area (Å²) in [6.45, 7) is 0. The summed E-state index contributed by atoms with van der Waals surface area (Å²) in [5.74, 6) is 0. The highest BCUT2D eigenvalue weighted by atomic mass is 127. The first-order valence-corrected chi connectivity index (χ1v) is 5.07. The highest BCUT2D eigenvalue weighted by molar-refractivity contribution is 14.2. The second-order valence-corrected chi connectivity index (χ2v) is 3.84. The van der Waals surface area contributed by atoms with Gasteiger partial charge in [0.15, 0.2) is 24.8 Å². The van der Waals surface area contributed by atoms with Crippen molar-refractivity contribution in [3.63, 3.8) is 0 Å². The van der Waals surface area contributed by atoms with Crippen molar-refractivity contribution < 1.29 is 3.17 Å². The molecular weight excluding hydrogens is 255 g/mol. The van der Waals surface area contributed by atoms with Gasteiger partial charge in [-0.25, -0.2) is 0 Å². The molecule has 3 nitrogen and oxygen atoms in total. The third-order valence-electron chi connectivity index (χ3n) is 1.28. The van der Waals surface area contributed by atoms with Gasteiger partial charge in [-0.3, -0.25) is 0 Å². The Morgan fingerprint density at radius 3 is 2.64 bits per heavy atom. The summed E-state index contributed by atoms with van der Waals surface area (Å²) >= 11 is -0.419. The molecule has 0 amide bonds. The van der Waals surface area contributed by atoms with Crippen LogP contribution in [0.1, 0.15) is 5.56 Å². The molecule has 0 unspecified atom stereocenters. The Kier molecular flexibility index (Phi) is 1.93. The number of hydrogen-bond donors (Lipinski definition) is 0. The van der Waals surface area contributed by atoms with Crippen molar-refractivity contribution in [1.82, 2.24) is 0 Å². The first kappa shape index (κ1) is 6.90. The zero-order valence-electron chi connectivity index (χ0n) is 5.57. The molecular formula is C7H5IN2O. The number of hydrogen-bond acceptors (Lipinski definition) is 3. The number of nitrogens with zero attached hydrogens (tertiary/aromatic N) is 2. The molecule has 56 valence electrons. The van der Waals surface area contributed by atoms with E-state index in [1.54, 1.807) is 0 Å². The largest absolute Gasteiger partial charge is 0.315 e. The standard InChI is InChI=1S/C7H5IN2O/c1-2-4-6(5-3-1)7-8-11-10-9-7/h1-5H. The monoisotopic (exact) mass is 260 g/mol. The van der Waals surface area contributed by atoms with Crippen LogP contribution in [0, 0.1) is 0 Å². The summed E-state index contributed by atoms with van der Waals surface area (Å²) < 4.78 is 5.85. The second kappa shape index (κ2) is 3.08. The van der Waals surface area contributed by atoms with E-state index < -0.39 is 21.1 Å². The average molecular weight is 260 g/mol. The first-order valence-electron chi connectivity index (χ1n) is 3.11. The molecule has 1 aromatic rings. The Morgan fingerprint density at radius 2 is 2.00 bits per heavy atom. The van der Waals surface area contributed by atoms with Crippen LogP contribution in [0.2, 0.25) is 0 Å². The lowest BCUT2D eigenvalue weighted by Gasteiger charge is -1.91. The van der Waals surface area contributed by atoms with Crippen molar-refractivity contribution in [1.29, 1.82) is 0 Å². The van der Waals surface area contributed by atoms with E-state index in [1.165, 1.54) is 0 Å². The fourth-order valence-electron chi connectivity index (χ4n) is 0.793. The highest BCUT2D eigenvalue weighted by Gasteiger charge is 2.05. The lowest BCUT2D eigenvalue weighted by atomic mass is 10.2. The van der Waals surface area contributed by atoms with Gasteiger partial charge in [-0.15, -0.1) is 5.11 Å². The number of halogens is 1.